The number of hydrogen-bond acceptors (Lipinski definition) is 5. The Labute approximate surface area is 210 Å². The number of nitrogens with one attached hydrogen (secondary N) is 1. The maximum absolute atomic E-state index is 13.1. The Morgan fingerprint density at radius 3 is 2.66 bits per heavy atom. The average Bonchev–Trinajstić information content (AvgIpc) is 3.40. The third-order valence-electron chi connectivity index (χ3n) is 6.02. The third kappa shape index (κ3) is 6.09. The van der Waals surface area contributed by atoms with Gasteiger partial charge in [0.25, 0.3) is 11.8 Å². The highest BCUT2D eigenvalue weighted by molar-refractivity contribution is 7.10. The Morgan fingerprint density at radius 2 is 1.94 bits per heavy atom. The molecule has 35 heavy (non-hydrogen) atoms. The molecule has 1 aliphatic heterocycles. The van der Waals surface area contributed by atoms with Crippen LogP contribution in [-0.2, 0) is 4.79 Å². The van der Waals surface area contributed by atoms with Crippen molar-refractivity contribution in [3.8, 4) is 28.7 Å². The van der Waals surface area contributed by atoms with E-state index in [9.17, 15) is 9.59 Å². The quantitative estimate of drug-likeness (QED) is 0.461. The molecule has 0 spiro atoms. The maximum Gasteiger partial charge on any atom is 0.298 e. The molecule has 0 saturated carbocycles. The van der Waals surface area contributed by atoms with Gasteiger partial charge in [-0.2, -0.15) is 0 Å². The lowest BCUT2D eigenvalue weighted by atomic mass is 9.97. The minimum atomic E-state index is -0.253. The lowest BCUT2D eigenvalue weighted by Crippen LogP contribution is -2.37. The van der Waals surface area contributed by atoms with E-state index in [0.29, 0.717) is 30.2 Å². The molecule has 0 radical (unpaired) electrons. The predicted molar refractivity (Wildman–Crippen MR) is 140 cm³/mol. The first-order valence-corrected chi connectivity index (χ1v) is 12.7. The van der Waals surface area contributed by atoms with Gasteiger partial charge in [0.1, 0.15) is 11.4 Å². The number of hydrogen-bond donors (Lipinski definition) is 1. The number of carbonyl (C=O) groups excluding carboxylic acids is 2. The van der Waals surface area contributed by atoms with Gasteiger partial charge in [-0.1, -0.05) is 43.2 Å². The van der Waals surface area contributed by atoms with Gasteiger partial charge in [0, 0.05) is 42.4 Å². The standard InChI is InChI=1S/C28H29N3O3S/c1-3-4-6-11-26(32)31-16-14-21(15-17-31)28-30-25(19-35-28)27(33)29-24-18-22(34-2)12-13-23(24)20-9-7-5-8-10-20/h5,7-10,12-13,18-19,21H,3-4,14-17H2,1-2H3,(H,29,33). The Balaban J connectivity index is 1.43. The number of likely N-dealkylation sites (tertiary alicyclic amines) is 1. The SMILES string of the molecule is CCCC#CC(=O)N1CCC(c2nc(C(=O)Nc3cc(OC)ccc3-c3ccccc3)cs2)CC1. The van der Waals surface area contributed by atoms with Crippen molar-refractivity contribution >= 4 is 28.8 Å². The van der Waals surface area contributed by atoms with E-state index in [-0.39, 0.29) is 17.7 Å². The molecule has 0 atom stereocenters. The second-order valence-electron chi connectivity index (χ2n) is 8.42. The molecule has 7 heteroatoms. The van der Waals surface area contributed by atoms with Crippen molar-refractivity contribution in [1.29, 1.82) is 0 Å². The van der Waals surface area contributed by atoms with E-state index in [1.54, 1.807) is 12.5 Å². The summed E-state index contributed by atoms with van der Waals surface area (Å²) in [6.07, 6.45) is 3.34. The van der Waals surface area contributed by atoms with Crippen LogP contribution in [0, 0.1) is 11.8 Å². The summed E-state index contributed by atoms with van der Waals surface area (Å²) in [6.45, 7) is 3.37. The number of nitrogens with zero attached hydrogens (tertiary/aromatic N) is 2. The summed E-state index contributed by atoms with van der Waals surface area (Å²) in [5.74, 6) is 6.23. The number of carbonyl (C=O) groups is 2. The van der Waals surface area contributed by atoms with Gasteiger partial charge in [0.15, 0.2) is 0 Å². The molecular weight excluding hydrogens is 458 g/mol. The molecule has 2 heterocycles. The first-order valence-electron chi connectivity index (χ1n) is 11.9. The Hall–Kier alpha value is -3.63. The summed E-state index contributed by atoms with van der Waals surface area (Å²) in [5.41, 5.74) is 2.99. The molecule has 0 aliphatic carbocycles. The predicted octanol–water partition coefficient (Wildman–Crippen LogP) is 5.58. The molecule has 1 aromatic heterocycles. The molecule has 6 nitrogen and oxygen atoms in total. The van der Waals surface area contributed by atoms with Gasteiger partial charge in [0.05, 0.1) is 17.8 Å². The number of rotatable bonds is 6. The summed E-state index contributed by atoms with van der Waals surface area (Å²) in [6, 6.07) is 15.5. The minimum Gasteiger partial charge on any atom is -0.497 e. The van der Waals surface area contributed by atoms with Crippen LogP contribution in [0.15, 0.2) is 53.9 Å². The van der Waals surface area contributed by atoms with E-state index in [0.717, 1.165) is 41.8 Å². The number of piperidine rings is 1. The van der Waals surface area contributed by atoms with E-state index in [1.165, 1.54) is 11.3 Å². The van der Waals surface area contributed by atoms with Crippen LogP contribution < -0.4 is 10.1 Å². The highest BCUT2D eigenvalue weighted by Gasteiger charge is 2.26. The fraction of sp³-hybridized carbons (Fsp3) is 0.321. The molecule has 4 rings (SSSR count). The van der Waals surface area contributed by atoms with Crippen molar-refractivity contribution in [2.24, 2.45) is 0 Å². The highest BCUT2D eigenvalue weighted by atomic mass is 32.1. The largest absolute Gasteiger partial charge is 0.497 e. The van der Waals surface area contributed by atoms with E-state index in [1.807, 2.05) is 60.4 Å². The normalized spacial score (nSPS) is 13.6. The van der Waals surface area contributed by atoms with Gasteiger partial charge in [-0.15, -0.1) is 11.3 Å². The van der Waals surface area contributed by atoms with Crippen molar-refractivity contribution in [2.75, 3.05) is 25.5 Å². The zero-order valence-electron chi connectivity index (χ0n) is 20.0. The summed E-state index contributed by atoms with van der Waals surface area (Å²) < 4.78 is 5.37. The Kier molecular flexibility index (Phi) is 8.17. The number of thiazole rings is 1. The van der Waals surface area contributed by atoms with Crippen LogP contribution >= 0.6 is 11.3 Å². The van der Waals surface area contributed by atoms with Crippen molar-refractivity contribution in [3.05, 3.63) is 64.6 Å². The Bertz CT molecular complexity index is 1240. The molecule has 1 aliphatic rings. The molecule has 1 fully saturated rings. The number of unbranched alkanes of at least 4 members (excludes halogenated alkanes) is 1. The number of methoxy groups -OCH3 is 1. The van der Waals surface area contributed by atoms with E-state index >= 15 is 0 Å². The molecule has 1 saturated heterocycles. The first kappa shape index (κ1) is 24.5. The fourth-order valence-corrected chi connectivity index (χ4v) is 5.03. The number of amides is 2. The number of benzene rings is 2. The van der Waals surface area contributed by atoms with Gasteiger partial charge in [-0.3, -0.25) is 9.59 Å². The van der Waals surface area contributed by atoms with Crippen molar-refractivity contribution in [2.45, 2.75) is 38.5 Å². The summed E-state index contributed by atoms with van der Waals surface area (Å²) >= 11 is 1.50. The number of ether oxygens (including phenoxy) is 1. The van der Waals surface area contributed by atoms with E-state index in [2.05, 4.69) is 22.1 Å². The van der Waals surface area contributed by atoms with Crippen molar-refractivity contribution < 1.29 is 14.3 Å². The molecule has 0 unspecified atom stereocenters. The monoisotopic (exact) mass is 487 g/mol. The lowest BCUT2D eigenvalue weighted by molar-refractivity contribution is -0.126. The highest BCUT2D eigenvalue weighted by Crippen LogP contribution is 2.33. The average molecular weight is 488 g/mol. The lowest BCUT2D eigenvalue weighted by Gasteiger charge is -2.29. The maximum atomic E-state index is 13.1. The Morgan fingerprint density at radius 1 is 1.17 bits per heavy atom. The van der Waals surface area contributed by atoms with E-state index < -0.39 is 0 Å². The fourth-order valence-electron chi connectivity index (χ4n) is 4.06. The van der Waals surface area contributed by atoms with Crippen LogP contribution in [-0.4, -0.2) is 41.9 Å². The first-order chi connectivity index (χ1) is 17.1. The van der Waals surface area contributed by atoms with Crippen LogP contribution in [0.25, 0.3) is 11.1 Å². The van der Waals surface area contributed by atoms with Gasteiger partial charge < -0.3 is 15.0 Å². The third-order valence-corrected chi connectivity index (χ3v) is 7.02. The molecule has 180 valence electrons. The van der Waals surface area contributed by atoms with E-state index in [4.69, 9.17) is 4.74 Å². The minimum absolute atomic E-state index is 0.0939. The molecule has 1 N–H and O–H groups in total. The van der Waals surface area contributed by atoms with Gasteiger partial charge in [-0.25, -0.2) is 4.98 Å². The molecule has 2 aromatic carbocycles. The van der Waals surface area contributed by atoms with Gasteiger partial charge in [0.2, 0.25) is 0 Å². The molecule has 2 amide bonds. The summed E-state index contributed by atoms with van der Waals surface area (Å²) in [5, 5.41) is 5.76. The zero-order valence-corrected chi connectivity index (χ0v) is 20.9. The summed E-state index contributed by atoms with van der Waals surface area (Å²) in [7, 11) is 1.60. The smallest absolute Gasteiger partial charge is 0.298 e. The topological polar surface area (TPSA) is 71.5 Å². The van der Waals surface area contributed by atoms with Crippen LogP contribution in [0.5, 0.6) is 5.75 Å². The molecule has 3 aromatic rings. The number of anilines is 1. The molecular formula is C28H29N3O3S. The zero-order chi connectivity index (χ0) is 24.6. The van der Waals surface area contributed by atoms with Crippen LogP contribution in [0.4, 0.5) is 5.69 Å². The van der Waals surface area contributed by atoms with Crippen LogP contribution in [0.2, 0.25) is 0 Å². The van der Waals surface area contributed by atoms with Crippen molar-refractivity contribution in [1.82, 2.24) is 9.88 Å². The van der Waals surface area contributed by atoms with Crippen LogP contribution in [0.3, 0.4) is 0 Å². The second-order valence-corrected chi connectivity index (χ2v) is 9.31. The number of aromatic nitrogens is 1. The molecule has 0 bridgehead atoms. The summed E-state index contributed by atoms with van der Waals surface area (Å²) in [4.78, 5) is 31.8. The van der Waals surface area contributed by atoms with Crippen molar-refractivity contribution in [3.63, 3.8) is 0 Å². The van der Waals surface area contributed by atoms with Gasteiger partial charge >= 0.3 is 0 Å². The second kappa shape index (κ2) is 11.7. The van der Waals surface area contributed by atoms with Gasteiger partial charge in [-0.05, 0) is 42.9 Å². The van der Waals surface area contributed by atoms with Crippen LogP contribution in [0.1, 0.15) is 54.0 Å².